The Morgan fingerprint density at radius 1 is 1.53 bits per heavy atom. The van der Waals surface area contributed by atoms with Gasteiger partial charge in [0.2, 0.25) is 5.95 Å². The van der Waals surface area contributed by atoms with Crippen molar-refractivity contribution in [2.75, 3.05) is 30.9 Å². The van der Waals surface area contributed by atoms with Crippen LogP contribution in [0.2, 0.25) is 0 Å². The molecule has 0 spiro atoms. The fourth-order valence-corrected chi connectivity index (χ4v) is 3.38. The molecule has 2 N–H and O–H groups in total. The Labute approximate surface area is 116 Å². The molecule has 0 radical (unpaired) electrons. The molecular weight excluding hydrogens is 260 g/mol. The lowest BCUT2D eigenvalue weighted by molar-refractivity contribution is 0.193. The molecule has 19 heavy (non-hydrogen) atoms. The maximum Gasteiger partial charge on any atom is 0.223 e. The van der Waals surface area contributed by atoms with Crippen LogP contribution in [0.25, 0.3) is 10.2 Å². The highest BCUT2D eigenvalue weighted by Crippen LogP contribution is 2.32. The van der Waals surface area contributed by atoms with Gasteiger partial charge in [0.15, 0.2) is 0 Å². The largest absolute Gasteiger partial charge is 0.379 e. The van der Waals surface area contributed by atoms with Crippen molar-refractivity contribution >= 4 is 33.3 Å². The van der Waals surface area contributed by atoms with Gasteiger partial charge in [-0.1, -0.05) is 6.92 Å². The molecule has 1 saturated heterocycles. The van der Waals surface area contributed by atoms with Gasteiger partial charge in [0.05, 0.1) is 18.0 Å². The molecule has 1 unspecified atom stereocenters. The topological polar surface area (TPSA) is 64.3 Å². The lowest BCUT2D eigenvalue weighted by Crippen LogP contribution is -2.32. The van der Waals surface area contributed by atoms with Crippen molar-refractivity contribution in [3.63, 3.8) is 0 Å². The number of nitrogen functional groups attached to an aromatic ring is 1. The summed E-state index contributed by atoms with van der Waals surface area (Å²) in [5, 5.41) is 1.10. The first kappa shape index (κ1) is 12.6. The van der Waals surface area contributed by atoms with Crippen molar-refractivity contribution in [1.29, 1.82) is 0 Å². The molecule has 2 aromatic heterocycles. The smallest absolute Gasteiger partial charge is 0.223 e. The lowest BCUT2D eigenvalue weighted by Gasteiger charge is -2.24. The van der Waals surface area contributed by atoms with E-state index in [-0.39, 0.29) is 0 Å². The van der Waals surface area contributed by atoms with Crippen LogP contribution >= 0.6 is 11.3 Å². The molecule has 0 bridgehead atoms. The van der Waals surface area contributed by atoms with Crippen LogP contribution in [0.15, 0.2) is 6.07 Å². The van der Waals surface area contributed by atoms with Gasteiger partial charge in [0, 0.05) is 18.5 Å². The van der Waals surface area contributed by atoms with Gasteiger partial charge in [-0.15, -0.1) is 11.3 Å². The number of anilines is 2. The number of hydrogen-bond acceptors (Lipinski definition) is 6. The van der Waals surface area contributed by atoms with Gasteiger partial charge in [0.1, 0.15) is 10.6 Å². The molecule has 0 aliphatic carbocycles. The van der Waals surface area contributed by atoms with Crippen molar-refractivity contribution in [3.05, 3.63) is 10.9 Å². The molecule has 1 atom stereocenters. The van der Waals surface area contributed by atoms with Gasteiger partial charge in [-0.05, 0) is 18.9 Å². The summed E-state index contributed by atoms with van der Waals surface area (Å²) in [7, 11) is 2.06. The van der Waals surface area contributed by atoms with E-state index in [1.54, 1.807) is 11.3 Å². The number of ether oxygens (including phenoxy) is 1. The Balaban J connectivity index is 2.07. The van der Waals surface area contributed by atoms with E-state index in [9.17, 15) is 0 Å². The van der Waals surface area contributed by atoms with Crippen molar-refractivity contribution in [2.45, 2.75) is 25.8 Å². The highest BCUT2D eigenvalue weighted by atomic mass is 32.1. The van der Waals surface area contributed by atoms with E-state index in [0.29, 0.717) is 12.0 Å². The third-order valence-corrected chi connectivity index (χ3v) is 4.75. The number of likely N-dealkylation sites (N-methyl/N-ethyl adjacent to an activating group) is 1. The summed E-state index contributed by atoms with van der Waals surface area (Å²) >= 11 is 1.70. The van der Waals surface area contributed by atoms with Crippen molar-refractivity contribution < 1.29 is 4.74 Å². The summed E-state index contributed by atoms with van der Waals surface area (Å²) in [4.78, 5) is 13.2. The summed E-state index contributed by atoms with van der Waals surface area (Å²) < 4.78 is 5.45. The van der Waals surface area contributed by atoms with Crippen LogP contribution in [0.1, 0.15) is 18.2 Å². The monoisotopic (exact) mass is 278 g/mol. The maximum absolute atomic E-state index is 5.84. The number of nitrogens with two attached hydrogens (primary N) is 1. The number of aryl methyl sites for hydroxylation is 1. The summed E-state index contributed by atoms with van der Waals surface area (Å²) in [6.45, 7) is 3.73. The first-order chi connectivity index (χ1) is 9.19. The Morgan fingerprint density at radius 3 is 3.05 bits per heavy atom. The Bertz CT molecular complexity index is 592. The number of fused-ring (bicyclic) bond motifs is 1. The second-order valence-corrected chi connectivity index (χ2v) is 5.93. The van der Waals surface area contributed by atoms with Crippen molar-refractivity contribution in [1.82, 2.24) is 9.97 Å². The van der Waals surface area contributed by atoms with Crippen LogP contribution in [-0.2, 0) is 11.2 Å². The number of hydrogen-bond donors (Lipinski definition) is 1. The molecule has 1 aliphatic heterocycles. The first-order valence-corrected chi connectivity index (χ1v) is 7.37. The SMILES string of the molecule is CCc1cc2c(N(C)C3CCOC3)nc(N)nc2s1. The van der Waals surface area contributed by atoms with Crippen LogP contribution in [0, 0.1) is 0 Å². The van der Waals surface area contributed by atoms with Gasteiger partial charge >= 0.3 is 0 Å². The molecule has 2 aromatic rings. The fourth-order valence-electron chi connectivity index (χ4n) is 2.42. The number of rotatable bonds is 3. The van der Waals surface area contributed by atoms with Crippen LogP contribution in [-0.4, -0.2) is 36.3 Å². The third kappa shape index (κ3) is 2.26. The zero-order valence-corrected chi connectivity index (χ0v) is 12.0. The third-order valence-electron chi connectivity index (χ3n) is 3.58. The average Bonchev–Trinajstić information content (AvgIpc) is 3.05. The molecule has 1 aliphatic rings. The molecule has 0 saturated carbocycles. The minimum Gasteiger partial charge on any atom is -0.379 e. The average molecular weight is 278 g/mol. The van der Waals surface area contributed by atoms with E-state index < -0.39 is 0 Å². The zero-order valence-electron chi connectivity index (χ0n) is 11.2. The van der Waals surface area contributed by atoms with Gasteiger partial charge < -0.3 is 15.4 Å². The molecule has 6 heteroatoms. The molecule has 0 aromatic carbocycles. The molecule has 0 amide bonds. The van der Waals surface area contributed by atoms with E-state index in [1.165, 1.54) is 4.88 Å². The first-order valence-electron chi connectivity index (χ1n) is 6.55. The normalized spacial score (nSPS) is 19.2. The molecule has 3 heterocycles. The molecular formula is C13H18N4OS. The van der Waals surface area contributed by atoms with E-state index in [4.69, 9.17) is 10.5 Å². The van der Waals surface area contributed by atoms with E-state index in [2.05, 4.69) is 34.9 Å². The summed E-state index contributed by atoms with van der Waals surface area (Å²) in [5.74, 6) is 1.27. The quantitative estimate of drug-likeness (QED) is 0.931. The Kier molecular flexibility index (Phi) is 3.28. The fraction of sp³-hybridized carbons (Fsp3) is 0.538. The molecule has 5 nitrogen and oxygen atoms in total. The molecule has 1 fully saturated rings. The minimum absolute atomic E-state index is 0.345. The van der Waals surface area contributed by atoms with Crippen LogP contribution in [0.5, 0.6) is 0 Å². The lowest BCUT2D eigenvalue weighted by atomic mass is 10.2. The van der Waals surface area contributed by atoms with E-state index >= 15 is 0 Å². The highest BCUT2D eigenvalue weighted by molar-refractivity contribution is 7.18. The van der Waals surface area contributed by atoms with Crippen LogP contribution < -0.4 is 10.6 Å². The highest BCUT2D eigenvalue weighted by Gasteiger charge is 2.24. The summed E-state index contributed by atoms with van der Waals surface area (Å²) in [5.41, 5.74) is 5.84. The predicted molar refractivity (Wildman–Crippen MR) is 78.8 cm³/mol. The maximum atomic E-state index is 5.84. The molecule has 3 rings (SSSR count). The van der Waals surface area contributed by atoms with Gasteiger partial charge in [0.25, 0.3) is 0 Å². The van der Waals surface area contributed by atoms with Crippen LogP contribution in [0.4, 0.5) is 11.8 Å². The van der Waals surface area contributed by atoms with Gasteiger partial charge in [-0.2, -0.15) is 4.98 Å². The molecule has 102 valence electrons. The standard InChI is InChI=1S/C13H18N4OS/c1-3-9-6-10-11(15-13(14)16-12(10)19-9)17(2)8-4-5-18-7-8/h6,8H,3-5,7H2,1-2H3,(H2,14,15,16). The van der Waals surface area contributed by atoms with Gasteiger partial charge in [-0.3, -0.25) is 0 Å². The zero-order chi connectivity index (χ0) is 13.4. The summed E-state index contributed by atoms with van der Waals surface area (Å²) in [6, 6.07) is 2.56. The van der Waals surface area contributed by atoms with E-state index in [0.717, 1.165) is 42.1 Å². The van der Waals surface area contributed by atoms with Crippen molar-refractivity contribution in [2.24, 2.45) is 0 Å². The van der Waals surface area contributed by atoms with Crippen LogP contribution in [0.3, 0.4) is 0 Å². The van der Waals surface area contributed by atoms with Crippen molar-refractivity contribution in [3.8, 4) is 0 Å². The minimum atomic E-state index is 0.345. The number of aromatic nitrogens is 2. The number of thiophene rings is 1. The van der Waals surface area contributed by atoms with Gasteiger partial charge in [-0.25, -0.2) is 4.98 Å². The Hall–Kier alpha value is -1.40. The van der Waals surface area contributed by atoms with E-state index in [1.807, 2.05) is 0 Å². The predicted octanol–water partition coefficient (Wildman–Crippen LogP) is 2.06. The number of nitrogens with zero attached hydrogens (tertiary/aromatic N) is 3. The second-order valence-electron chi connectivity index (χ2n) is 4.82. The Morgan fingerprint density at radius 2 is 2.37 bits per heavy atom. The second kappa shape index (κ2) is 4.94. The summed E-state index contributed by atoms with van der Waals surface area (Å²) in [6.07, 6.45) is 2.04.